The van der Waals surface area contributed by atoms with Crippen LogP contribution in [0.4, 0.5) is 0 Å². The van der Waals surface area contributed by atoms with Crippen LogP contribution in [0, 0.1) is 0 Å². The van der Waals surface area contributed by atoms with Crippen LogP contribution in [-0.2, 0) is 26.2 Å². The number of fused-ring (bicyclic) bond motifs is 2. The number of hydrogen-bond acceptors (Lipinski definition) is 4. The summed E-state index contributed by atoms with van der Waals surface area (Å²) in [5, 5.41) is 2.92. The number of aryl methyl sites for hydroxylation is 1. The quantitative estimate of drug-likeness (QED) is 0.527. The Morgan fingerprint density at radius 1 is 1.06 bits per heavy atom. The molecular formula is C29H38N4O3. The Balaban J connectivity index is 1.44. The summed E-state index contributed by atoms with van der Waals surface area (Å²) in [6.45, 7) is 4.45. The number of amides is 3. The van der Waals surface area contributed by atoms with Crippen molar-refractivity contribution in [2.24, 2.45) is 11.5 Å². The summed E-state index contributed by atoms with van der Waals surface area (Å²) in [4.78, 5) is 40.3. The molecule has 1 spiro atoms. The van der Waals surface area contributed by atoms with E-state index in [-0.39, 0.29) is 29.1 Å². The van der Waals surface area contributed by atoms with Gasteiger partial charge in [-0.3, -0.25) is 14.4 Å². The predicted molar refractivity (Wildman–Crippen MR) is 140 cm³/mol. The van der Waals surface area contributed by atoms with Crippen LogP contribution in [0.5, 0.6) is 0 Å². The van der Waals surface area contributed by atoms with E-state index in [1.807, 2.05) is 41.3 Å². The van der Waals surface area contributed by atoms with Crippen molar-refractivity contribution >= 4 is 17.7 Å². The van der Waals surface area contributed by atoms with E-state index >= 15 is 0 Å². The van der Waals surface area contributed by atoms with Gasteiger partial charge in [-0.15, -0.1) is 0 Å². The molecule has 2 aliphatic rings. The number of carbonyl (C=O) groups is 3. The number of piperidine rings is 1. The second-order valence-corrected chi connectivity index (χ2v) is 11.0. The molecule has 7 nitrogen and oxygen atoms in total. The van der Waals surface area contributed by atoms with Gasteiger partial charge in [0.25, 0.3) is 0 Å². The lowest BCUT2D eigenvalue weighted by Crippen LogP contribution is -2.57. The van der Waals surface area contributed by atoms with Crippen LogP contribution in [0.2, 0.25) is 0 Å². The summed E-state index contributed by atoms with van der Waals surface area (Å²) in [6.07, 6.45) is 4.39. The van der Waals surface area contributed by atoms with Crippen LogP contribution < -0.4 is 16.8 Å². The number of likely N-dealkylation sites (tertiary alicyclic amines) is 1. The zero-order chi connectivity index (χ0) is 25.9. The van der Waals surface area contributed by atoms with Gasteiger partial charge in [-0.1, -0.05) is 54.6 Å². The average molecular weight is 491 g/mol. The SMILES string of the molecule is CC(C)(N)C(=O)N[C@H](CCCc1ccccc1)C(=O)N1CCC2(CC1)C[C@H](C(N)=O)c1ccccc12. The van der Waals surface area contributed by atoms with Crippen LogP contribution in [0.15, 0.2) is 54.6 Å². The first-order valence-electron chi connectivity index (χ1n) is 12.9. The molecule has 1 saturated heterocycles. The minimum Gasteiger partial charge on any atom is -0.369 e. The fourth-order valence-electron chi connectivity index (χ4n) is 5.75. The maximum Gasteiger partial charge on any atom is 0.245 e. The third-order valence-electron chi connectivity index (χ3n) is 7.87. The monoisotopic (exact) mass is 490 g/mol. The molecule has 2 atom stereocenters. The van der Waals surface area contributed by atoms with E-state index in [1.165, 1.54) is 11.1 Å². The Kier molecular flexibility index (Phi) is 7.50. The van der Waals surface area contributed by atoms with Crippen LogP contribution in [0.25, 0.3) is 0 Å². The molecule has 0 saturated carbocycles. The van der Waals surface area contributed by atoms with Crippen molar-refractivity contribution in [2.45, 2.75) is 75.3 Å². The van der Waals surface area contributed by atoms with Crippen molar-refractivity contribution in [3.63, 3.8) is 0 Å². The van der Waals surface area contributed by atoms with Crippen LogP contribution in [0.3, 0.4) is 0 Å². The molecule has 0 unspecified atom stereocenters. The highest BCUT2D eigenvalue weighted by atomic mass is 16.2. The number of carbonyl (C=O) groups excluding carboxylic acids is 3. The fourth-order valence-corrected chi connectivity index (χ4v) is 5.75. The van der Waals surface area contributed by atoms with Crippen molar-refractivity contribution in [1.82, 2.24) is 10.2 Å². The summed E-state index contributed by atoms with van der Waals surface area (Å²) < 4.78 is 0. The molecule has 36 heavy (non-hydrogen) atoms. The number of nitrogens with zero attached hydrogens (tertiary/aromatic N) is 1. The van der Waals surface area contributed by atoms with Crippen molar-refractivity contribution in [1.29, 1.82) is 0 Å². The molecule has 0 radical (unpaired) electrons. The molecule has 1 aliphatic carbocycles. The van der Waals surface area contributed by atoms with Gasteiger partial charge in [-0.2, -0.15) is 0 Å². The smallest absolute Gasteiger partial charge is 0.245 e. The van der Waals surface area contributed by atoms with Crippen molar-refractivity contribution in [3.05, 3.63) is 71.3 Å². The first-order chi connectivity index (χ1) is 17.1. The zero-order valence-corrected chi connectivity index (χ0v) is 21.3. The molecule has 7 heteroatoms. The lowest BCUT2D eigenvalue weighted by molar-refractivity contribution is -0.139. The van der Waals surface area contributed by atoms with E-state index in [0.29, 0.717) is 25.9 Å². The summed E-state index contributed by atoms with van der Waals surface area (Å²) in [6, 6.07) is 17.6. The number of rotatable bonds is 8. The molecule has 0 aromatic heterocycles. The van der Waals surface area contributed by atoms with Gasteiger partial charge >= 0.3 is 0 Å². The van der Waals surface area contributed by atoms with Crippen LogP contribution >= 0.6 is 0 Å². The Morgan fingerprint density at radius 2 is 1.69 bits per heavy atom. The molecule has 1 heterocycles. The van der Waals surface area contributed by atoms with Gasteiger partial charge in [0.05, 0.1) is 11.5 Å². The molecule has 0 bridgehead atoms. The van der Waals surface area contributed by atoms with E-state index in [1.54, 1.807) is 13.8 Å². The van der Waals surface area contributed by atoms with E-state index < -0.39 is 11.6 Å². The van der Waals surface area contributed by atoms with Gasteiger partial charge in [-0.25, -0.2) is 0 Å². The molecule has 2 aromatic rings. The molecular weight excluding hydrogens is 452 g/mol. The Morgan fingerprint density at radius 3 is 2.33 bits per heavy atom. The van der Waals surface area contributed by atoms with Gasteiger partial charge in [0.15, 0.2) is 0 Å². The summed E-state index contributed by atoms with van der Waals surface area (Å²) in [7, 11) is 0. The van der Waals surface area contributed by atoms with Crippen molar-refractivity contribution in [2.75, 3.05) is 13.1 Å². The number of primary amides is 1. The van der Waals surface area contributed by atoms with Crippen LogP contribution in [0.1, 0.15) is 68.6 Å². The second kappa shape index (κ2) is 10.4. The maximum atomic E-state index is 13.6. The Bertz CT molecular complexity index is 1100. The van der Waals surface area contributed by atoms with Gasteiger partial charge in [0.1, 0.15) is 6.04 Å². The second-order valence-electron chi connectivity index (χ2n) is 11.0. The average Bonchev–Trinajstić information content (AvgIpc) is 3.18. The minimum absolute atomic E-state index is 0.0618. The lowest BCUT2D eigenvalue weighted by atomic mass is 9.73. The lowest BCUT2D eigenvalue weighted by Gasteiger charge is -2.41. The van der Waals surface area contributed by atoms with Crippen molar-refractivity contribution in [3.8, 4) is 0 Å². The van der Waals surface area contributed by atoms with Gasteiger partial charge in [0.2, 0.25) is 17.7 Å². The molecule has 2 aromatic carbocycles. The van der Waals surface area contributed by atoms with Gasteiger partial charge in [-0.05, 0) is 69.1 Å². The number of hydrogen-bond donors (Lipinski definition) is 3. The largest absolute Gasteiger partial charge is 0.369 e. The maximum absolute atomic E-state index is 13.6. The summed E-state index contributed by atoms with van der Waals surface area (Å²) >= 11 is 0. The molecule has 1 aliphatic heterocycles. The predicted octanol–water partition coefficient (Wildman–Crippen LogP) is 2.76. The minimum atomic E-state index is -1.07. The van der Waals surface area contributed by atoms with Gasteiger partial charge < -0.3 is 21.7 Å². The number of nitrogens with one attached hydrogen (secondary N) is 1. The molecule has 4 rings (SSSR count). The molecule has 1 fully saturated rings. The van der Waals surface area contributed by atoms with Crippen molar-refractivity contribution < 1.29 is 14.4 Å². The highest BCUT2D eigenvalue weighted by Gasteiger charge is 2.47. The Labute approximate surface area is 213 Å². The van der Waals surface area contributed by atoms with Crippen LogP contribution in [-0.4, -0.2) is 47.3 Å². The number of benzene rings is 2. The highest BCUT2D eigenvalue weighted by molar-refractivity contribution is 5.91. The van der Waals surface area contributed by atoms with Gasteiger partial charge in [0, 0.05) is 18.5 Å². The normalized spacial score (nSPS) is 19.5. The summed E-state index contributed by atoms with van der Waals surface area (Å²) in [5.74, 6) is -0.958. The first kappa shape index (κ1) is 25.9. The Hall–Kier alpha value is -3.19. The van der Waals surface area contributed by atoms with E-state index in [4.69, 9.17) is 11.5 Å². The fraction of sp³-hybridized carbons (Fsp3) is 0.483. The topological polar surface area (TPSA) is 119 Å². The molecule has 192 valence electrons. The summed E-state index contributed by atoms with van der Waals surface area (Å²) in [5.41, 5.74) is 14.0. The molecule has 5 N–H and O–H groups in total. The van der Waals surface area contributed by atoms with E-state index in [2.05, 4.69) is 23.5 Å². The first-order valence-corrected chi connectivity index (χ1v) is 12.9. The standard InChI is InChI=1S/C29H38N4O3/c1-28(2,31)27(36)32-24(14-8-11-20-9-4-3-5-10-20)26(35)33-17-15-29(16-18-33)19-22(25(30)34)21-12-6-7-13-23(21)29/h3-7,9-10,12-13,22,24H,8,11,14-19,31H2,1-2H3,(H2,30,34)(H,32,36)/t22-,24+/m0/s1. The zero-order valence-electron chi connectivity index (χ0n) is 21.3. The van der Waals surface area contributed by atoms with E-state index in [9.17, 15) is 14.4 Å². The highest BCUT2D eigenvalue weighted by Crippen LogP contribution is 2.51. The third kappa shape index (κ3) is 5.46. The molecule has 3 amide bonds. The van der Waals surface area contributed by atoms with E-state index in [0.717, 1.165) is 31.2 Å². The number of nitrogens with two attached hydrogens (primary N) is 2. The third-order valence-corrected chi connectivity index (χ3v) is 7.87.